The molecule has 0 aliphatic carbocycles. The molecule has 0 bridgehead atoms. The van der Waals surface area contributed by atoms with Gasteiger partial charge in [-0.3, -0.25) is 4.79 Å². The number of hydrogen-bond donors (Lipinski definition) is 0. The van der Waals surface area contributed by atoms with Crippen molar-refractivity contribution in [3.05, 3.63) is 60.3 Å². The SMILES string of the molecule is CN(Cc1nccn1C)C(=O)c1cccc(-c2cc(N3CCCC3)cnn2)c1. The summed E-state index contributed by atoms with van der Waals surface area (Å²) in [6.07, 6.45) is 7.85. The number of nitrogens with zero attached hydrogens (tertiary/aromatic N) is 6. The van der Waals surface area contributed by atoms with Gasteiger partial charge in [0, 0.05) is 50.7 Å². The van der Waals surface area contributed by atoms with Crippen LogP contribution in [-0.4, -0.2) is 50.7 Å². The largest absolute Gasteiger partial charge is 0.370 e. The zero-order valence-corrected chi connectivity index (χ0v) is 16.2. The number of anilines is 1. The number of hydrogen-bond acceptors (Lipinski definition) is 5. The topological polar surface area (TPSA) is 67.2 Å². The molecule has 2 aromatic heterocycles. The average molecular weight is 376 g/mol. The van der Waals surface area contributed by atoms with E-state index < -0.39 is 0 Å². The summed E-state index contributed by atoms with van der Waals surface area (Å²) in [6.45, 7) is 2.57. The lowest BCUT2D eigenvalue weighted by atomic mass is 10.1. The van der Waals surface area contributed by atoms with E-state index in [-0.39, 0.29) is 5.91 Å². The summed E-state index contributed by atoms with van der Waals surface area (Å²) in [5.74, 6) is 0.796. The molecule has 4 rings (SSSR count). The molecule has 144 valence electrons. The monoisotopic (exact) mass is 376 g/mol. The average Bonchev–Trinajstić information content (AvgIpc) is 3.40. The van der Waals surface area contributed by atoms with Crippen LogP contribution in [0.25, 0.3) is 11.3 Å². The Morgan fingerprint density at radius 2 is 2.04 bits per heavy atom. The van der Waals surface area contributed by atoms with Crippen LogP contribution in [0.5, 0.6) is 0 Å². The van der Waals surface area contributed by atoms with Gasteiger partial charge in [-0.05, 0) is 31.0 Å². The number of carbonyl (C=O) groups is 1. The second kappa shape index (κ2) is 7.80. The zero-order chi connectivity index (χ0) is 19.5. The third-order valence-corrected chi connectivity index (χ3v) is 5.16. The minimum Gasteiger partial charge on any atom is -0.370 e. The van der Waals surface area contributed by atoms with Gasteiger partial charge in [-0.15, -0.1) is 0 Å². The summed E-state index contributed by atoms with van der Waals surface area (Å²) < 4.78 is 1.92. The predicted molar refractivity (Wildman–Crippen MR) is 108 cm³/mol. The first-order valence-corrected chi connectivity index (χ1v) is 9.51. The summed E-state index contributed by atoms with van der Waals surface area (Å²) in [5, 5.41) is 8.46. The molecule has 0 N–H and O–H groups in total. The molecule has 1 aromatic carbocycles. The Bertz CT molecular complexity index is 976. The van der Waals surface area contributed by atoms with Gasteiger partial charge in [0.2, 0.25) is 0 Å². The fourth-order valence-corrected chi connectivity index (χ4v) is 3.51. The lowest BCUT2D eigenvalue weighted by Crippen LogP contribution is -2.27. The number of benzene rings is 1. The Kier molecular flexibility index (Phi) is 5.06. The zero-order valence-electron chi connectivity index (χ0n) is 16.2. The van der Waals surface area contributed by atoms with Gasteiger partial charge in [0.15, 0.2) is 0 Å². The molecule has 28 heavy (non-hydrogen) atoms. The maximum Gasteiger partial charge on any atom is 0.254 e. The van der Waals surface area contributed by atoms with Crippen LogP contribution >= 0.6 is 0 Å². The van der Waals surface area contributed by atoms with Crippen LogP contribution in [0.2, 0.25) is 0 Å². The summed E-state index contributed by atoms with van der Waals surface area (Å²) in [5.41, 5.74) is 3.39. The maximum atomic E-state index is 12.9. The number of aryl methyl sites for hydroxylation is 1. The molecular weight excluding hydrogens is 352 g/mol. The molecule has 3 aromatic rings. The fraction of sp³-hybridized carbons (Fsp3) is 0.333. The number of imidazole rings is 1. The number of rotatable bonds is 5. The smallest absolute Gasteiger partial charge is 0.254 e. The highest BCUT2D eigenvalue weighted by Crippen LogP contribution is 2.25. The quantitative estimate of drug-likeness (QED) is 0.685. The van der Waals surface area contributed by atoms with Crippen LogP contribution in [0.15, 0.2) is 48.9 Å². The molecule has 1 aliphatic rings. The van der Waals surface area contributed by atoms with Gasteiger partial charge in [-0.1, -0.05) is 12.1 Å². The minimum absolute atomic E-state index is 0.0477. The van der Waals surface area contributed by atoms with Crippen molar-refractivity contribution in [1.29, 1.82) is 0 Å². The Balaban J connectivity index is 1.55. The standard InChI is InChI=1S/C21H24N6O/c1-25-11-8-22-20(25)15-26(2)21(28)17-7-5-6-16(12-17)19-13-18(14-23-24-19)27-9-3-4-10-27/h5-8,11-14H,3-4,9-10,15H2,1-2H3. The summed E-state index contributed by atoms with van der Waals surface area (Å²) >= 11 is 0. The molecule has 3 heterocycles. The van der Waals surface area contributed by atoms with Gasteiger partial charge in [-0.25, -0.2) is 4.98 Å². The molecule has 1 saturated heterocycles. The van der Waals surface area contributed by atoms with E-state index >= 15 is 0 Å². The first-order chi connectivity index (χ1) is 13.6. The second-order valence-corrected chi connectivity index (χ2v) is 7.19. The number of carbonyl (C=O) groups excluding carboxylic acids is 1. The van der Waals surface area contributed by atoms with Crippen molar-refractivity contribution in [2.45, 2.75) is 19.4 Å². The van der Waals surface area contributed by atoms with Crippen molar-refractivity contribution >= 4 is 11.6 Å². The second-order valence-electron chi connectivity index (χ2n) is 7.19. The van der Waals surface area contributed by atoms with Crippen LogP contribution in [0.4, 0.5) is 5.69 Å². The molecule has 7 heteroatoms. The Hall–Kier alpha value is -3.22. The number of aromatic nitrogens is 4. The van der Waals surface area contributed by atoms with Crippen molar-refractivity contribution < 1.29 is 4.79 Å². The van der Waals surface area contributed by atoms with E-state index in [9.17, 15) is 4.79 Å². The van der Waals surface area contributed by atoms with E-state index in [0.717, 1.165) is 35.9 Å². The molecule has 0 radical (unpaired) electrons. The van der Waals surface area contributed by atoms with Crippen molar-refractivity contribution in [2.24, 2.45) is 7.05 Å². The van der Waals surface area contributed by atoms with E-state index in [4.69, 9.17) is 0 Å². The first kappa shape index (κ1) is 18.2. The molecule has 1 amide bonds. The van der Waals surface area contributed by atoms with Gasteiger partial charge < -0.3 is 14.4 Å². The lowest BCUT2D eigenvalue weighted by molar-refractivity contribution is 0.0780. The van der Waals surface area contributed by atoms with E-state index in [1.807, 2.05) is 48.3 Å². The molecule has 0 saturated carbocycles. The summed E-state index contributed by atoms with van der Waals surface area (Å²) in [4.78, 5) is 21.2. The van der Waals surface area contributed by atoms with Gasteiger partial charge >= 0.3 is 0 Å². The Morgan fingerprint density at radius 3 is 2.79 bits per heavy atom. The normalized spacial score (nSPS) is 13.7. The molecule has 7 nitrogen and oxygen atoms in total. The van der Waals surface area contributed by atoms with Crippen LogP contribution in [0, 0.1) is 0 Å². The van der Waals surface area contributed by atoms with E-state index in [1.54, 1.807) is 18.1 Å². The Labute approximate surface area is 164 Å². The van der Waals surface area contributed by atoms with Crippen LogP contribution < -0.4 is 4.90 Å². The highest BCUT2D eigenvalue weighted by atomic mass is 16.2. The molecular formula is C21H24N6O. The van der Waals surface area contributed by atoms with Crippen LogP contribution in [0.3, 0.4) is 0 Å². The van der Waals surface area contributed by atoms with E-state index in [0.29, 0.717) is 12.1 Å². The minimum atomic E-state index is -0.0477. The third-order valence-electron chi connectivity index (χ3n) is 5.16. The lowest BCUT2D eigenvalue weighted by Gasteiger charge is -2.18. The molecule has 1 aliphatic heterocycles. The van der Waals surface area contributed by atoms with Crippen LogP contribution in [0.1, 0.15) is 29.0 Å². The van der Waals surface area contributed by atoms with E-state index in [2.05, 4.69) is 26.1 Å². The van der Waals surface area contributed by atoms with Crippen molar-refractivity contribution in [1.82, 2.24) is 24.6 Å². The van der Waals surface area contributed by atoms with Gasteiger partial charge in [-0.2, -0.15) is 10.2 Å². The molecule has 1 fully saturated rings. The third kappa shape index (κ3) is 3.74. The van der Waals surface area contributed by atoms with Gasteiger partial charge in [0.05, 0.1) is 24.1 Å². The molecule has 0 unspecified atom stereocenters. The fourth-order valence-electron chi connectivity index (χ4n) is 3.51. The predicted octanol–water partition coefficient (Wildman–Crippen LogP) is 2.75. The first-order valence-electron chi connectivity index (χ1n) is 9.51. The highest BCUT2D eigenvalue weighted by molar-refractivity contribution is 5.95. The van der Waals surface area contributed by atoms with E-state index in [1.165, 1.54) is 12.8 Å². The maximum absolute atomic E-state index is 12.9. The Morgan fingerprint density at radius 1 is 1.21 bits per heavy atom. The van der Waals surface area contributed by atoms with Crippen LogP contribution in [-0.2, 0) is 13.6 Å². The summed E-state index contributed by atoms with van der Waals surface area (Å²) in [6, 6.07) is 9.63. The highest BCUT2D eigenvalue weighted by Gasteiger charge is 2.16. The van der Waals surface area contributed by atoms with Crippen molar-refractivity contribution in [3.8, 4) is 11.3 Å². The molecule has 0 atom stereocenters. The summed E-state index contributed by atoms with van der Waals surface area (Å²) in [7, 11) is 3.71. The molecule has 0 spiro atoms. The van der Waals surface area contributed by atoms with Crippen molar-refractivity contribution in [2.75, 3.05) is 25.0 Å². The van der Waals surface area contributed by atoms with Gasteiger partial charge in [0.1, 0.15) is 5.82 Å². The van der Waals surface area contributed by atoms with Gasteiger partial charge in [0.25, 0.3) is 5.91 Å². The number of amides is 1. The van der Waals surface area contributed by atoms with Crippen molar-refractivity contribution in [3.63, 3.8) is 0 Å².